The van der Waals surface area contributed by atoms with Crippen LogP contribution in [0.5, 0.6) is 0 Å². The summed E-state index contributed by atoms with van der Waals surface area (Å²) >= 11 is 0. The number of anilines is 2. The molecule has 1 saturated heterocycles. The topological polar surface area (TPSA) is 96.0 Å². The highest BCUT2D eigenvalue weighted by Gasteiger charge is 2.30. The minimum Gasteiger partial charge on any atom is -0.452 e. The summed E-state index contributed by atoms with van der Waals surface area (Å²) in [6.45, 7) is 0.826. The van der Waals surface area contributed by atoms with Gasteiger partial charge >= 0.3 is 5.97 Å². The Hall–Kier alpha value is -3.68. The molecule has 8 nitrogen and oxygen atoms in total. The van der Waals surface area contributed by atoms with Crippen molar-refractivity contribution in [2.45, 2.75) is 19.3 Å². The van der Waals surface area contributed by atoms with Gasteiger partial charge in [-0.1, -0.05) is 24.3 Å². The molecule has 1 aliphatic rings. The van der Waals surface area contributed by atoms with Gasteiger partial charge in [-0.25, -0.2) is 4.79 Å². The van der Waals surface area contributed by atoms with Gasteiger partial charge in [0.15, 0.2) is 6.61 Å². The molecule has 0 atom stereocenters. The number of nitrogens with one attached hydrogen (secondary N) is 1. The van der Waals surface area contributed by atoms with Crippen molar-refractivity contribution < 1.29 is 23.9 Å². The zero-order chi connectivity index (χ0) is 22.2. The van der Waals surface area contributed by atoms with Crippen molar-refractivity contribution in [1.29, 1.82) is 0 Å². The van der Waals surface area contributed by atoms with Crippen LogP contribution in [0.3, 0.4) is 0 Å². The van der Waals surface area contributed by atoms with E-state index in [0.717, 1.165) is 23.6 Å². The smallest absolute Gasteiger partial charge is 0.338 e. The quantitative estimate of drug-likeness (QED) is 0.377. The van der Waals surface area contributed by atoms with Crippen molar-refractivity contribution in [3.05, 3.63) is 60.2 Å². The zero-order valence-corrected chi connectivity index (χ0v) is 17.4. The molecular weight excluding hydrogens is 398 g/mol. The molecule has 162 valence electrons. The van der Waals surface area contributed by atoms with Crippen molar-refractivity contribution in [3.8, 4) is 0 Å². The maximum atomic E-state index is 12.3. The van der Waals surface area contributed by atoms with Gasteiger partial charge in [-0.15, -0.1) is 0 Å². The lowest BCUT2D eigenvalue weighted by Crippen LogP contribution is -2.31. The molecule has 3 rings (SSSR count). The molecule has 31 heavy (non-hydrogen) atoms. The predicted molar refractivity (Wildman–Crippen MR) is 116 cm³/mol. The van der Waals surface area contributed by atoms with Crippen LogP contribution in [0.25, 0.3) is 0 Å². The Bertz CT molecular complexity index is 945. The molecule has 0 radical (unpaired) electrons. The largest absolute Gasteiger partial charge is 0.452 e. The van der Waals surface area contributed by atoms with Crippen LogP contribution in [0, 0.1) is 0 Å². The first-order valence-corrected chi connectivity index (χ1v) is 10.1. The lowest BCUT2D eigenvalue weighted by molar-refractivity contribution is -0.124. The van der Waals surface area contributed by atoms with Crippen LogP contribution >= 0.6 is 0 Å². The normalized spacial score (nSPS) is 13.3. The first-order chi connectivity index (χ1) is 15.0. The number of nitrogens with zero attached hydrogens (tertiary/aromatic N) is 2. The standard InChI is InChI=1S/C23H25N3O5/c1-25(18-8-3-2-4-9-18)14-6-13-24-20(27)16-31-23(30)17-7-5-10-19(15-17)26-21(28)11-12-22(26)29/h2-5,7-10,15H,6,11-14,16H2,1H3,(H,24,27). The number of hydrogen-bond acceptors (Lipinski definition) is 6. The number of esters is 1. The fourth-order valence-corrected chi connectivity index (χ4v) is 3.26. The lowest BCUT2D eigenvalue weighted by Gasteiger charge is -2.19. The van der Waals surface area contributed by atoms with Crippen LogP contribution in [-0.2, 0) is 19.1 Å². The van der Waals surface area contributed by atoms with Gasteiger partial charge in [0.2, 0.25) is 11.8 Å². The summed E-state index contributed by atoms with van der Waals surface area (Å²) < 4.78 is 5.06. The summed E-state index contributed by atoms with van der Waals surface area (Å²) in [5, 5.41) is 2.72. The number of hydrogen-bond donors (Lipinski definition) is 1. The molecule has 0 unspecified atom stereocenters. The van der Waals surface area contributed by atoms with E-state index in [1.54, 1.807) is 12.1 Å². The fourth-order valence-electron chi connectivity index (χ4n) is 3.26. The molecule has 1 N–H and O–H groups in total. The highest BCUT2D eigenvalue weighted by Crippen LogP contribution is 2.23. The van der Waals surface area contributed by atoms with Crippen molar-refractivity contribution in [1.82, 2.24) is 5.32 Å². The van der Waals surface area contributed by atoms with E-state index >= 15 is 0 Å². The average Bonchev–Trinajstić information content (AvgIpc) is 3.13. The number of para-hydroxylation sites is 1. The summed E-state index contributed by atoms with van der Waals surface area (Å²) in [7, 11) is 1.98. The summed E-state index contributed by atoms with van der Waals surface area (Å²) in [5.41, 5.74) is 1.60. The third-order valence-electron chi connectivity index (χ3n) is 4.92. The number of ether oxygens (including phenoxy) is 1. The third-order valence-corrected chi connectivity index (χ3v) is 4.92. The van der Waals surface area contributed by atoms with E-state index in [0.29, 0.717) is 12.2 Å². The van der Waals surface area contributed by atoms with E-state index in [1.807, 2.05) is 37.4 Å². The molecule has 0 aliphatic carbocycles. The highest BCUT2D eigenvalue weighted by atomic mass is 16.5. The molecule has 2 aromatic rings. The number of benzene rings is 2. The Morgan fingerprint density at radius 1 is 1.03 bits per heavy atom. The minimum atomic E-state index is -0.695. The van der Waals surface area contributed by atoms with Gasteiger partial charge in [0.1, 0.15) is 0 Å². The summed E-state index contributed by atoms with van der Waals surface area (Å²) in [6, 6.07) is 16.0. The van der Waals surface area contributed by atoms with Crippen LogP contribution < -0.4 is 15.1 Å². The Balaban J connectivity index is 1.41. The SMILES string of the molecule is CN(CCCNC(=O)COC(=O)c1cccc(N2C(=O)CCC2=O)c1)c1ccccc1. The second-order valence-electron chi connectivity index (χ2n) is 7.21. The molecule has 3 amide bonds. The highest BCUT2D eigenvalue weighted by molar-refractivity contribution is 6.20. The number of amides is 3. The maximum absolute atomic E-state index is 12.3. The predicted octanol–water partition coefficient (Wildman–Crippen LogP) is 2.14. The third kappa shape index (κ3) is 5.91. The molecule has 0 aromatic heterocycles. The molecule has 0 spiro atoms. The molecule has 0 bridgehead atoms. The Morgan fingerprint density at radius 3 is 2.45 bits per heavy atom. The van der Waals surface area contributed by atoms with E-state index < -0.39 is 18.5 Å². The van der Waals surface area contributed by atoms with Gasteiger partial charge in [-0.3, -0.25) is 19.3 Å². The Labute approximate surface area is 180 Å². The van der Waals surface area contributed by atoms with Crippen molar-refractivity contribution >= 4 is 35.1 Å². The summed E-state index contributed by atoms with van der Waals surface area (Å²) in [4.78, 5) is 51.1. The fraction of sp³-hybridized carbons (Fsp3) is 0.304. The Kier molecular flexibility index (Phi) is 7.37. The van der Waals surface area contributed by atoms with Crippen molar-refractivity contribution in [3.63, 3.8) is 0 Å². The summed E-state index contributed by atoms with van der Waals surface area (Å²) in [5.74, 6) is -1.68. The lowest BCUT2D eigenvalue weighted by atomic mass is 10.2. The minimum absolute atomic E-state index is 0.162. The van der Waals surface area contributed by atoms with Gasteiger partial charge in [0.25, 0.3) is 5.91 Å². The van der Waals surface area contributed by atoms with E-state index in [1.165, 1.54) is 12.1 Å². The molecule has 1 heterocycles. The van der Waals surface area contributed by atoms with Gasteiger partial charge in [-0.05, 0) is 36.8 Å². The molecule has 0 saturated carbocycles. The summed E-state index contributed by atoms with van der Waals surface area (Å²) in [6.07, 6.45) is 1.06. The molecule has 1 fully saturated rings. The van der Waals surface area contributed by atoms with Crippen LogP contribution in [-0.4, -0.2) is 50.4 Å². The van der Waals surface area contributed by atoms with Crippen LogP contribution in [0.2, 0.25) is 0 Å². The second kappa shape index (κ2) is 10.4. The van der Waals surface area contributed by atoms with E-state index in [9.17, 15) is 19.2 Å². The number of imide groups is 1. The second-order valence-corrected chi connectivity index (χ2v) is 7.21. The molecular formula is C23H25N3O5. The van der Waals surface area contributed by atoms with Crippen LogP contribution in [0.1, 0.15) is 29.6 Å². The Morgan fingerprint density at radius 2 is 1.74 bits per heavy atom. The molecule has 1 aliphatic heterocycles. The first kappa shape index (κ1) is 22.0. The average molecular weight is 423 g/mol. The van der Waals surface area contributed by atoms with Crippen LogP contribution in [0.4, 0.5) is 11.4 Å². The van der Waals surface area contributed by atoms with Gasteiger partial charge in [0.05, 0.1) is 11.3 Å². The maximum Gasteiger partial charge on any atom is 0.338 e. The van der Waals surface area contributed by atoms with Gasteiger partial charge in [-0.2, -0.15) is 0 Å². The van der Waals surface area contributed by atoms with Gasteiger partial charge < -0.3 is 15.0 Å². The molecule has 2 aromatic carbocycles. The number of rotatable bonds is 9. The van der Waals surface area contributed by atoms with E-state index in [2.05, 4.69) is 10.2 Å². The number of carbonyl (C=O) groups is 4. The molecule has 8 heteroatoms. The van der Waals surface area contributed by atoms with Gasteiger partial charge in [0, 0.05) is 38.7 Å². The zero-order valence-electron chi connectivity index (χ0n) is 17.4. The van der Waals surface area contributed by atoms with Crippen LogP contribution in [0.15, 0.2) is 54.6 Å². The monoisotopic (exact) mass is 423 g/mol. The van der Waals surface area contributed by atoms with E-state index in [4.69, 9.17) is 4.74 Å². The first-order valence-electron chi connectivity index (χ1n) is 10.1. The number of carbonyl (C=O) groups excluding carboxylic acids is 4. The van der Waals surface area contributed by atoms with E-state index in [-0.39, 0.29) is 30.2 Å². The van der Waals surface area contributed by atoms with Crippen molar-refractivity contribution in [2.75, 3.05) is 36.5 Å². The van der Waals surface area contributed by atoms with Crippen molar-refractivity contribution in [2.24, 2.45) is 0 Å².